The monoisotopic (exact) mass is 1700 g/mol. The molecule has 0 aliphatic carbocycles. The number of carboxylic acids is 2. The molecule has 0 aromatic heterocycles. The second kappa shape index (κ2) is 56.3. The number of ether oxygens (including phenoxy) is 2. The number of carbonyl (C=O) groups is 14. The van der Waals surface area contributed by atoms with Crippen LogP contribution < -0.4 is 22.5 Å². The van der Waals surface area contributed by atoms with Crippen molar-refractivity contribution in [2.45, 2.75) is 64.2 Å². The summed E-state index contributed by atoms with van der Waals surface area (Å²) < 4.78 is 10.6. The van der Waals surface area contributed by atoms with Crippen LogP contribution >= 0.6 is 0 Å². The van der Waals surface area contributed by atoms with Crippen LogP contribution in [0.4, 0.5) is 0 Å². The molecule has 12 amide bonds. The molecule has 33 nitrogen and oxygen atoms in total. The number of nitrogens with zero attached hydrogens (tertiary/aromatic N) is 11. The van der Waals surface area contributed by atoms with Crippen LogP contribution in [0.15, 0.2) is 182 Å². The maximum atomic E-state index is 15.3. The third-order valence-electron chi connectivity index (χ3n) is 20.3. The van der Waals surface area contributed by atoms with Gasteiger partial charge in [-0.3, -0.25) is 67.1 Å². The first kappa shape index (κ1) is 99.5. The quantitative estimate of drug-likeness (QED) is 0.0295. The van der Waals surface area contributed by atoms with Crippen molar-refractivity contribution in [2.75, 3.05) is 198 Å². The molecule has 0 atom stereocenters. The molecule has 0 radical (unpaired) electrons. The summed E-state index contributed by atoms with van der Waals surface area (Å²) in [5.74, 6) is -11.2. The van der Waals surface area contributed by atoms with Crippen molar-refractivity contribution in [3.05, 3.63) is 215 Å². The fourth-order valence-electron chi connectivity index (χ4n) is 13.2. The molecule has 33 heteroatoms. The van der Waals surface area contributed by atoms with Gasteiger partial charge >= 0.3 is 11.9 Å². The Labute approximate surface area is 719 Å². The van der Waals surface area contributed by atoms with Gasteiger partial charge in [-0.15, -0.1) is 0 Å². The fraction of sp³-hybridized carbons (Fsp3) is 0.444. The minimum atomic E-state index is -1.35. The first-order chi connectivity index (χ1) is 59.4. The molecule has 0 fully saturated rings. The van der Waals surface area contributed by atoms with E-state index in [0.29, 0.717) is 26.0 Å². The Balaban J connectivity index is 1.27. The van der Waals surface area contributed by atoms with Gasteiger partial charge in [-0.2, -0.15) is 0 Å². The van der Waals surface area contributed by atoms with Crippen LogP contribution in [0, 0.1) is 0 Å². The van der Waals surface area contributed by atoms with Crippen LogP contribution in [-0.2, 0) is 115 Å². The van der Waals surface area contributed by atoms with Crippen molar-refractivity contribution < 1.29 is 86.8 Å². The van der Waals surface area contributed by atoms with Gasteiger partial charge in [0.1, 0.15) is 0 Å². The van der Waals surface area contributed by atoms with Gasteiger partial charge in [0.05, 0.1) is 105 Å². The van der Waals surface area contributed by atoms with Crippen LogP contribution in [-0.4, -0.2) is 345 Å². The zero-order valence-corrected chi connectivity index (χ0v) is 70.8. The Bertz CT molecular complexity index is 4280. The topological polar surface area (TPSA) is 424 Å². The Morgan fingerprint density at radius 2 is 0.480 bits per heavy atom. The standard InChI is InChI=1S/C90H121N15O18/c1-122-57-45-94-59-78(107)98(48-35-71-23-9-3-10-24-71)63-84(113)99(49-36-72-25-11-4-12-26-72)64-79(108)95(46-21-43-91)61-82(111)102(52-39-75-31-17-7-18-32-75)68-86(115)103(53-40-76-33-19-8-20-34-76)69-88(117)105(56-58-123-2)70-87(116)104(55-42-90(120)121)65-80(109)96(47-22-44-92)62-83(112)101(51-38-74-29-15-6-16-30-74)67-85(114)100(50-37-73-27-13-5-14-28-73)66-81(110)97(60-77(93)106)54-41-89(118)119/h3-20,23-34,94H,21-22,35-70,91-92H2,1-2H3,(H2,93,106)(H,118,119)(H,120,121). The number of hydrogen-bond acceptors (Lipinski definition) is 19. The molecule has 0 spiro atoms. The molecule has 9 N–H and O–H groups in total. The summed E-state index contributed by atoms with van der Waals surface area (Å²) in [6, 6.07) is 55.1. The SMILES string of the molecule is COCCNCC(=O)N(CCc1ccccc1)CC(=O)N(CCc1ccccc1)CC(=O)N(CCCN)CC(=O)N(CCc1ccccc1)CC(=O)N(CCc1ccccc1)CC(=O)N(CCOC)CC(=O)N(CCC(=O)O)CC(=O)N(CCCN)CC(=O)N(CCc1ccccc1)CC(=O)N(CCc1ccccc1)CC(=O)N(CCC(=O)O)CC(N)=O. The van der Waals surface area contributed by atoms with Crippen LogP contribution in [0.25, 0.3) is 0 Å². The summed E-state index contributed by atoms with van der Waals surface area (Å²) in [6.07, 6.45) is 0.835. The normalized spacial score (nSPS) is 10.9. The second-order valence-electron chi connectivity index (χ2n) is 29.6. The average Bonchev–Trinajstić information content (AvgIpc) is 0.836. The molecule has 0 heterocycles. The first-order valence-corrected chi connectivity index (χ1v) is 41.5. The molecule has 6 aromatic rings. The number of benzene rings is 6. The summed E-state index contributed by atoms with van der Waals surface area (Å²) in [5, 5.41) is 22.6. The summed E-state index contributed by atoms with van der Waals surface area (Å²) in [5.41, 5.74) is 22.5. The minimum absolute atomic E-state index is 0.0232. The molecule has 6 aromatic carbocycles. The van der Waals surface area contributed by atoms with Crippen molar-refractivity contribution in [2.24, 2.45) is 17.2 Å². The minimum Gasteiger partial charge on any atom is -0.481 e. The van der Waals surface area contributed by atoms with Crippen LogP contribution in [0.3, 0.4) is 0 Å². The molecule has 0 unspecified atom stereocenters. The summed E-state index contributed by atoms with van der Waals surface area (Å²) in [6.45, 7) is -7.74. The van der Waals surface area contributed by atoms with Crippen molar-refractivity contribution in [1.82, 2.24) is 59.2 Å². The lowest BCUT2D eigenvalue weighted by atomic mass is 10.1. The second-order valence-corrected chi connectivity index (χ2v) is 29.6. The Hall–Kier alpha value is -12.3. The predicted molar refractivity (Wildman–Crippen MR) is 461 cm³/mol. The van der Waals surface area contributed by atoms with Crippen LogP contribution in [0.1, 0.15) is 59.1 Å². The highest BCUT2D eigenvalue weighted by molar-refractivity contribution is 5.95. The Morgan fingerprint density at radius 1 is 0.276 bits per heavy atom. The smallest absolute Gasteiger partial charge is 0.305 e. The summed E-state index contributed by atoms with van der Waals surface area (Å²) in [7, 11) is 2.90. The van der Waals surface area contributed by atoms with E-state index in [-0.39, 0.29) is 136 Å². The van der Waals surface area contributed by atoms with E-state index in [1.807, 2.05) is 133 Å². The number of rotatable bonds is 60. The number of carboxylic acid groups (broad SMARTS) is 2. The van der Waals surface area contributed by atoms with Gasteiger partial charge in [0, 0.05) is 92.8 Å². The first-order valence-electron chi connectivity index (χ1n) is 41.5. The zero-order valence-electron chi connectivity index (χ0n) is 70.8. The van der Waals surface area contributed by atoms with Gasteiger partial charge in [-0.05, 0) is 97.8 Å². The van der Waals surface area contributed by atoms with E-state index in [0.717, 1.165) is 53.0 Å². The van der Waals surface area contributed by atoms with E-state index in [1.54, 1.807) is 55.6 Å². The Morgan fingerprint density at radius 3 is 0.691 bits per heavy atom. The van der Waals surface area contributed by atoms with Crippen LogP contribution in [0.5, 0.6) is 0 Å². The molecule has 123 heavy (non-hydrogen) atoms. The molecule has 0 saturated heterocycles. The van der Waals surface area contributed by atoms with Gasteiger partial charge in [0.25, 0.3) is 0 Å². The largest absolute Gasteiger partial charge is 0.481 e. The van der Waals surface area contributed by atoms with Crippen molar-refractivity contribution in [3.63, 3.8) is 0 Å². The molecular formula is C90H121N15O18. The highest BCUT2D eigenvalue weighted by atomic mass is 16.5. The lowest BCUT2D eigenvalue weighted by Gasteiger charge is -2.33. The maximum absolute atomic E-state index is 15.3. The highest BCUT2D eigenvalue weighted by Crippen LogP contribution is 2.15. The Kier molecular flexibility index (Phi) is 45.6. The lowest BCUT2D eigenvalue weighted by molar-refractivity contribution is -0.149. The molecule has 0 saturated carbocycles. The molecule has 0 aliphatic rings. The number of primary amides is 1. The van der Waals surface area contributed by atoms with Gasteiger partial charge in [0.15, 0.2) is 0 Å². The number of amides is 12. The van der Waals surface area contributed by atoms with Gasteiger partial charge in [0.2, 0.25) is 70.9 Å². The molecule has 0 aliphatic heterocycles. The summed E-state index contributed by atoms with van der Waals surface area (Å²) in [4.78, 5) is 212. The van der Waals surface area contributed by atoms with Gasteiger partial charge in [-0.25, -0.2) is 0 Å². The fourth-order valence-corrected chi connectivity index (χ4v) is 13.2. The van der Waals surface area contributed by atoms with E-state index in [9.17, 15) is 58.2 Å². The van der Waals surface area contributed by atoms with E-state index in [2.05, 4.69) is 5.32 Å². The van der Waals surface area contributed by atoms with E-state index in [1.165, 1.54) is 41.4 Å². The van der Waals surface area contributed by atoms with Crippen molar-refractivity contribution >= 4 is 82.8 Å². The number of nitrogens with one attached hydrogen (secondary N) is 1. The third kappa shape index (κ3) is 38.5. The van der Waals surface area contributed by atoms with Crippen molar-refractivity contribution in [1.29, 1.82) is 0 Å². The number of hydrogen-bond donors (Lipinski definition) is 6. The van der Waals surface area contributed by atoms with E-state index in [4.69, 9.17) is 26.7 Å². The third-order valence-corrected chi connectivity index (χ3v) is 20.3. The van der Waals surface area contributed by atoms with Gasteiger partial charge in [-0.1, -0.05) is 182 Å². The molecular weight excluding hydrogens is 1580 g/mol. The predicted octanol–water partition coefficient (Wildman–Crippen LogP) is 1.57. The lowest BCUT2D eigenvalue weighted by Crippen LogP contribution is -2.54. The number of nitrogens with two attached hydrogens (primary N) is 3. The molecule has 6 rings (SSSR count). The number of methoxy groups -OCH3 is 2. The maximum Gasteiger partial charge on any atom is 0.305 e. The van der Waals surface area contributed by atoms with Gasteiger partial charge < -0.3 is 96.1 Å². The van der Waals surface area contributed by atoms with Crippen LogP contribution in [0.2, 0.25) is 0 Å². The number of aliphatic carboxylic acids is 2. The zero-order chi connectivity index (χ0) is 89.1. The van der Waals surface area contributed by atoms with Crippen molar-refractivity contribution in [3.8, 4) is 0 Å². The molecule has 664 valence electrons. The summed E-state index contributed by atoms with van der Waals surface area (Å²) >= 11 is 0. The highest BCUT2D eigenvalue weighted by Gasteiger charge is 2.34. The average molecular weight is 1700 g/mol. The molecule has 0 bridgehead atoms. The number of carbonyl (C=O) groups excluding carboxylic acids is 12. The van der Waals surface area contributed by atoms with E-state index < -0.39 is 168 Å². The van der Waals surface area contributed by atoms with E-state index >= 15 is 19.2 Å².